The lowest BCUT2D eigenvalue weighted by Gasteiger charge is -2.23. The summed E-state index contributed by atoms with van der Waals surface area (Å²) < 4.78 is 5.60. The van der Waals surface area contributed by atoms with Crippen molar-refractivity contribution >= 4 is 22.8 Å². The Balaban J connectivity index is 3.13. The Hall–Kier alpha value is -1.43. The molecule has 1 heterocycles. The number of hydrogen-bond donors (Lipinski definition) is 0. The second-order valence-corrected chi connectivity index (χ2v) is 5.33. The molecule has 0 atom stereocenters. The summed E-state index contributed by atoms with van der Waals surface area (Å²) in [6.45, 7) is 7.02. The highest BCUT2D eigenvalue weighted by Gasteiger charge is 2.27. The second-order valence-electron chi connectivity index (χ2n) is 4.31. The first-order valence-electron chi connectivity index (χ1n) is 5.25. The van der Waals surface area contributed by atoms with E-state index in [-0.39, 0.29) is 16.5 Å². The van der Waals surface area contributed by atoms with Gasteiger partial charge < -0.3 is 4.74 Å². The minimum Gasteiger partial charge on any atom is -0.473 e. The summed E-state index contributed by atoms with van der Waals surface area (Å²) in [5.41, 5.74) is -0.620. The van der Waals surface area contributed by atoms with E-state index < -0.39 is 10.5 Å². The predicted octanol–water partition coefficient (Wildman–Crippen LogP) is 3.43. The third kappa shape index (κ3) is 3.26. The summed E-state index contributed by atoms with van der Waals surface area (Å²) in [6.07, 6.45) is 0.720. The van der Waals surface area contributed by atoms with Crippen LogP contribution in [0.4, 0.5) is 5.69 Å². The zero-order valence-electron chi connectivity index (χ0n) is 10.3. The first-order chi connectivity index (χ1) is 7.76. The lowest BCUT2D eigenvalue weighted by Crippen LogP contribution is -2.26. The maximum atomic E-state index is 11.2. The van der Waals surface area contributed by atoms with Crippen molar-refractivity contribution < 1.29 is 14.5 Å². The van der Waals surface area contributed by atoms with Crippen LogP contribution in [0.1, 0.15) is 43.8 Å². The lowest BCUT2D eigenvalue weighted by atomic mass is 10.1. The zero-order chi connectivity index (χ0) is 13.2. The topological polar surface area (TPSA) is 69.4 Å². The smallest absolute Gasteiger partial charge is 0.323 e. The third-order valence-electron chi connectivity index (χ3n) is 2.44. The average molecular weight is 257 g/mol. The number of nitro groups is 1. The van der Waals surface area contributed by atoms with Gasteiger partial charge >= 0.3 is 5.69 Å². The normalized spacial score (nSPS) is 11.3. The molecule has 0 aliphatic rings. The first-order valence-corrected chi connectivity index (χ1v) is 6.06. The molecule has 0 saturated heterocycles. The molecule has 0 amide bonds. The molecule has 0 fully saturated rings. The monoisotopic (exact) mass is 257 g/mol. The average Bonchev–Trinajstić information content (AvgIpc) is 2.61. The molecule has 1 aromatic heterocycles. The fourth-order valence-electron chi connectivity index (χ4n) is 1.06. The van der Waals surface area contributed by atoms with Crippen LogP contribution >= 0.6 is 11.3 Å². The van der Waals surface area contributed by atoms with Gasteiger partial charge in [-0.25, -0.2) is 0 Å². The van der Waals surface area contributed by atoms with Crippen LogP contribution in [0.5, 0.6) is 5.06 Å². The first kappa shape index (κ1) is 13.6. The van der Waals surface area contributed by atoms with Crippen molar-refractivity contribution in [2.75, 3.05) is 0 Å². The molecule has 0 radical (unpaired) electrons. The van der Waals surface area contributed by atoms with Gasteiger partial charge in [0.05, 0.1) is 9.80 Å². The van der Waals surface area contributed by atoms with Gasteiger partial charge in [-0.1, -0.05) is 18.3 Å². The number of rotatable bonds is 5. The molecule has 0 aliphatic carbocycles. The summed E-state index contributed by atoms with van der Waals surface area (Å²) in [6, 6.07) is 1.27. The van der Waals surface area contributed by atoms with E-state index >= 15 is 0 Å². The fourth-order valence-corrected chi connectivity index (χ4v) is 2.08. The van der Waals surface area contributed by atoms with E-state index in [1.807, 2.05) is 20.8 Å². The summed E-state index contributed by atoms with van der Waals surface area (Å²) in [5, 5.41) is 11.1. The largest absolute Gasteiger partial charge is 0.473 e. The van der Waals surface area contributed by atoms with Crippen LogP contribution in [-0.4, -0.2) is 16.3 Å². The van der Waals surface area contributed by atoms with Crippen molar-refractivity contribution in [3.8, 4) is 5.06 Å². The van der Waals surface area contributed by atoms with E-state index in [4.69, 9.17) is 4.74 Å². The van der Waals surface area contributed by atoms with E-state index in [1.165, 1.54) is 13.0 Å². The van der Waals surface area contributed by atoms with Crippen molar-refractivity contribution in [1.29, 1.82) is 0 Å². The quantitative estimate of drug-likeness (QED) is 0.460. The van der Waals surface area contributed by atoms with Gasteiger partial charge in [0.25, 0.3) is 5.06 Å². The van der Waals surface area contributed by atoms with Gasteiger partial charge in [0.2, 0.25) is 0 Å². The molecule has 1 rings (SSSR count). The van der Waals surface area contributed by atoms with Gasteiger partial charge in [0.1, 0.15) is 5.60 Å². The maximum absolute atomic E-state index is 11.2. The van der Waals surface area contributed by atoms with E-state index in [0.29, 0.717) is 4.88 Å². The zero-order valence-corrected chi connectivity index (χ0v) is 11.1. The third-order valence-corrected chi connectivity index (χ3v) is 3.55. The van der Waals surface area contributed by atoms with E-state index in [1.54, 1.807) is 0 Å². The molecule has 1 aromatic rings. The molecule has 94 valence electrons. The van der Waals surface area contributed by atoms with Crippen molar-refractivity contribution in [1.82, 2.24) is 0 Å². The van der Waals surface area contributed by atoms with Crippen LogP contribution in [0.2, 0.25) is 0 Å². The van der Waals surface area contributed by atoms with Crippen LogP contribution in [0.3, 0.4) is 0 Å². The van der Waals surface area contributed by atoms with Crippen LogP contribution < -0.4 is 4.74 Å². The predicted molar refractivity (Wildman–Crippen MR) is 66.0 cm³/mol. The molecule has 0 saturated carbocycles. The number of Topliss-reactive ketones (excluding diaryl/α,β-unsaturated/α-hetero) is 1. The molecule has 0 aromatic carbocycles. The van der Waals surface area contributed by atoms with Gasteiger partial charge in [0.15, 0.2) is 5.78 Å². The Labute approximate surface area is 104 Å². The summed E-state index contributed by atoms with van der Waals surface area (Å²) in [4.78, 5) is 21.9. The number of ether oxygens (including phenoxy) is 1. The Morgan fingerprint density at radius 2 is 2.18 bits per heavy atom. The molecule has 0 N–H and O–H groups in total. The minimum absolute atomic E-state index is 0.137. The minimum atomic E-state index is -0.524. The maximum Gasteiger partial charge on any atom is 0.323 e. The van der Waals surface area contributed by atoms with Crippen molar-refractivity contribution in [2.45, 2.75) is 39.7 Å². The van der Waals surface area contributed by atoms with Crippen LogP contribution in [0.25, 0.3) is 0 Å². The fraction of sp³-hybridized carbons (Fsp3) is 0.545. The molecule has 0 bridgehead atoms. The SMILES string of the molecule is CCC(C)(C)Oc1sc(C(C)=O)cc1[N+](=O)[O-]. The van der Waals surface area contributed by atoms with Gasteiger partial charge in [-0.3, -0.25) is 14.9 Å². The standard InChI is InChI=1S/C11H15NO4S/c1-5-11(3,4)16-10-8(12(14)15)6-9(17-10)7(2)13/h6H,5H2,1-4H3. The number of carbonyl (C=O) groups excluding carboxylic acids is 1. The number of nitrogens with zero attached hydrogens (tertiary/aromatic N) is 1. The Bertz CT molecular complexity index is 450. The van der Waals surface area contributed by atoms with Crippen molar-refractivity contribution in [3.05, 3.63) is 21.1 Å². The van der Waals surface area contributed by atoms with E-state index in [9.17, 15) is 14.9 Å². The molecular weight excluding hydrogens is 242 g/mol. The summed E-state index contributed by atoms with van der Waals surface area (Å²) in [5.74, 6) is -0.192. The highest BCUT2D eigenvalue weighted by atomic mass is 32.1. The van der Waals surface area contributed by atoms with E-state index in [2.05, 4.69) is 0 Å². The molecule has 0 unspecified atom stereocenters. The Morgan fingerprint density at radius 3 is 2.59 bits per heavy atom. The van der Waals surface area contributed by atoms with Gasteiger partial charge in [-0.15, -0.1) is 0 Å². The number of carbonyl (C=O) groups is 1. The number of hydrogen-bond acceptors (Lipinski definition) is 5. The molecule has 0 spiro atoms. The van der Waals surface area contributed by atoms with Crippen LogP contribution in [0, 0.1) is 10.1 Å². The van der Waals surface area contributed by atoms with Crippen LogP contribution in [-0.2, 0) is 0 Å². The molecule has 0 aliphatic heterocycles. The molecule has 5 nitrogen and oxygen atoms in total. The van der Waals surface area contributed by atoms with Gasteiger partial charge in [-0.05, 0) is 27.2 Å². The second kappa shape index (κ2) is 4.83. The summed E-state index contributed by atoms with van der Waals surface area (Å²) in [7, 11) is 0. The lowest BCUT2D eigenvalue weighted by molar-refractivity contribution is -0.385. The molecule has 6 heteroatoms. The number of ketones is 1. The molecule has 17 heavy (non-hydrogen) atoms. The van der Waals surface area contributed by atoms with Crippen molar-refractivity contribution in [2.24, 2.45) is 0 Å². The van der Waals surface area contributed by atoms with Gasteiger partial charge in [-0.2, -0.15) is 0 Å². The molecular formula is C11H15NO4S. The van der Waals surface area contributed by atoms with Crippen LogP contribution in [0.15, 0.2) is 6.07 Å². The van der Waals surface area contributed by atoms with Crippen molar-refractivity contribution in [3.63, 3.8) is 0 Å². The number of thiophene rings is 1. The summed E-state index contributed by atoms with van der Waals surface area (Å²) >= 11 is 1.02. The highest BCUT2D eigenvalue weighted by Crippen LogP contribution is 2.39. The Kier molecular flexibility index (Phi) is 3.87. The van der Waals surface area contributed by atoms with Gasteiger partial charge in [0, 0.05) is 6.07 Å². The van der Waals surface area contributed by atoms with E-state index in [0.717, 1.165) is 17.8 Å². The highest BCUT2D eigenvalue weighted by molar-refractivity contribution is 7.16. The Morgan fingerprint density at radius 1 is 1.59 bits per heavy atom.